The van der Waals surface area contributed by atoms with Crippen molar-refractivity contribution < 1.29 is 0 Å². The summed E-state index contributed by atoms with van der Waals surface area (Å²) in [7, 11) is -1.78. The molecule has 1 aliphatic carbocycles. The maximum Gasteiger partial charge on any atom is 0.131 e. The van der Waals surface area contributed by atoms with Crippen molar-refractivity contribution >= 4 is 8.24 Å². The van der Waals surface area contributed by atoms with Crippen LogP contribution in [0.2, 0.25) is 13.1 Å². The van der Waals surface area contributed by atoms with Gasteiger partial charge in [-0.15, -0.1) is 0 Å². The van der Waals surface area contributed by atoms with E-state index in [9.17, 15) is 0 Å². The lowest BCUT2D eigenvalue weighted by Crippen LogP contribution is -2.58. The molecule has 0 atom stereocenters. The second-order valence-corrected chi connectivity index (χ2v) is 16.9. The highest BCUT2D eigenvalue weighted by Gasteiger charge is 2.43. The Bertz CT molecular complexity index is 854. The van der Waals surface area contributed by atoms with Gasteiger partial charge in [0.05, 0.1) is 0 Å². The molecule has 1 nitrogen and oxygen atoms in total. The van der Waals surface area contributed by atoms with Crippen molar-refractivity contribution in [3.8, 4) is 11.1 Å². The molecule has 3 rings (SSSR count). The van der Waals surface area contributed by atoms with Crippen LogP contribution in [0.1, 0.15) is 90.1 Å². The first kappa shape index (κ1) is 22.3. The number of benzene rings is 2. The van der Waals surface area contributed by atoms with Gasteiger partial charge in [0, 0.05) is 11.1 Å². The predicted molar refractivity (Wildman–Crippen MR) is 131 cm³/mol. The predicted octanol–water partition coefficient (Wildman–Crippen LogP) is 7.53. The molecule has 0 aliphatic heterocycles. The SMILES string of the molecule is CC(C)(C)N[Si](C)(C)C1c2ccc(C(C)(C)C)cc2-c2cc(C(C)(C)C)ccc21. The zero-order valence-corrected chi connectivity index (χ0v) is 21.5. The van der Waals surface area contributed by atoms with Crippen LogP contribution in [-0.2, 0) is 10.8 Å². The first-order valence-corrected chi connectivity index (χ1v) is 14.2. The minimum atomic E-state index is -1.78. The zero-order valence-electron chi connectivity index (χ0n) is 20.5. The number of hydrogen-bond acceptors (Lipinski definition) is 1. The monoisotopic (exact) mass is 407 g/mol. The molecule has 0 bridgehead atoms. The van der Waals surface area contributed by atoms with Crippen LogP contribution in [0.4, 0.5) is 0 Å². The van der Waals surface area contributed by atoms with E-state index < -0.39 is 8.24 Å². The van der Waals surface area contributed by atoms with Gasteiger partial charge >= 0.3 is 0 Å². The largest absolute Gasteiger partial charge is 0.332 e. The topological polar surface area (TPSA) is 12.0 Å². The fourth-order valence-corrected chi connectivity index (χ4v) is 9.14. The van der Waals surface area contributed by atoms with E-state index in [1.807, 2.05) is 0 Å². The van der Waals surface area contributed by atoms with E-state index in [-0.39, 0.29) is 16.4 Å². The highest BCUT2D eigenvalue weighted by Crippen LogP contribution is 2.50. The van der Waals surface area contributed by atoms with Crippen molar-refractivity contribution in [2.75, 3.05) is 0 Å². The van der Waals surface area contributed by atoms with Crippen LogP contribution in [0.5, 0.6) is 0 Å². The molecule has 0 radical (unpaired) electrons. The Kier molecular flexibility index (Phi) is 5.24. The molecular weight excluding hydrogens is 366 g/mol. The summed E-state index contributed by atoms with van der Waals surface area (Å²) in [6.07, 6.45) is 0. The van der Waals surface area contributed by atoms with Gasteiger partial charge < -0.3 is 4.98 Å². The average molecular weight is 408 g/mol. The van der Waals surface area contributed by atoms with Crippen LogP contribution in [-0.4, -0.2) is 13.8 Å². The lowest BCUT2D eigenvalue weighted by Gasteiger charge is -2.38. The van der Waals surface area contributed by atoms with Crippen molar-refractivity contribution in [3.05, 3.63) is 58.7 Å². The molecule has 0 saturated heterocycles. The Morgan fingerprint density at radius 1 is 0.655 bits per heavy atom. The van der Waals surface area contributed by atoms with Gasteiger partial charge in [-0.25, -0.2) is 0 Å². The molecule has 0 unspecified atom stereocenters. The van der Waals surface area contributed by atoms with Crippen molar-refractivity contribution in [2.24, 2.45) is 0 Å². The van der Waals surface area contributed by atoms with Crippen LogP contribution >= 0.6 is 0 Å². The van der Waals surface area contributed by atoms with Crippen molar-refractivity contribution in [2.45, 2.75) is 97.3 Å². The molecule has 1 aliphatic rings. The van der Waals surface area contributed by atoms with Gasteiger partial charge in [0.15, 0.2) is 0 Å². The lowest BCUT2D eigenvalue weighted by molar-refractivity contribution is 0.508. The summed E-state index contributed by atoms with van der Waals surface area (Å²) in [4.78, 5) is 4.05. The van der Waals surface area contributed by atoms with E-state index in [4.69, 9.17) is 0 Å². The third-order valence-electron chi connectivity index (χ3n) is 6.17. The Hall–Kier alpha value is -1.38. The Morgan fingerprint density at radius 2 is 1.03 bits per heavy atom. The van der Waals surface area contributed by atoms with Crippen LogP contribution in [0.25, 0.3) is 11.1 Å². The lowest BCUT2D eigenvalue weighted by atomic mass is 9.83. The van der Waals surface area contributed by atoms with Crippen molar-refractivity contribution in [1.29, 1.82) is 0 Å². The molecule has 2 heteroatoms. The van der Waals surface area contributed by atoms with E-state index >= 15 is 0 Å². The third-order valence-corrected chi connectivity index (χ3v) is 9.63. The second kappa shape index (κ2) is 6.82. The first-order valence-electron chi connectivity index (χ1n) is 11.1. The van der Waals surface area contributed by atoms with E-state index in [0.717, 1.165) is 0 Å². The molecule has 0 heterocycles. The summed E-state index contributed by atoms with van der Waals surface area (Å²) < 4.78 is 0. The highest BCUT2D eigenvalue weighted by molar-refractivity contribution is 6.77. The van der Waals surface area contributed by atoms with Gasteiger partial charge in [0.1, 0.15) is 8.24 Å². The Morgan fingerprint density at radius 3 is 1.34 bits per heavy atom. The maximum atomic E-state index is 4.05. The summed E-state index contributed by atoms with van der Waals surface area (Å²) in [6, 6.07) is 14.5. The van der Waals surface area contributed by atoms with E-state index in [1.54, 1.807) is 0 Å². The van der Waals surface area contributed by atoms with Crippen molar-refractivity contribution in [1.82, 2.24) is 4.98 Å². The fourth-order valence-electron chi connectivity index (χ4n) is 5.00. The molecular formula is C27H41NSi. The quantitative estimate of drug-likeness (QED) is 0.507. The average Bonchev–Trinajstić information content (AvgIpc) is 2.84. The maximum absolute atomic E-state index is 4.05. The summed E-state index contributed by atoms with van der Waals surface area (Å²) in [6.45, 7) is 25.8. The van der Waals surface area contributed by atoms with E-state index in [1.165, 1.54) is 33.4 Å². The number of nitrogens with one attached hydrogen (secondary N) is 1. The van der Waals surface area contributed by atoms with Gasteiger partial charge in [-0.3, -0.25) is 0 Å². The number of fused-ring (bicyclic) bond motifs is 3. The zero-order chi connectivity index (χ0) is 22.0. The molecule has 2 aromatic rings. The van der Waals surface area contributed by atoms with Gasteiger partial charge in [-0.05, 0) is 65.0 Å². The molecule has 29 heavy (non-hydrogen) atoms. The summed E-state index contributed by atoms with van der Waals surface area (Å²) >= 11 is 0. The van der Waals surface area contributed by atoms with Crippen LogP contribution < -0.4 is 4.98 Å². The van der Waals surface area contributed by atoms with Gasteiger partial charge in [0.25, 0.3) is 0 Å². The number of hydrogen-bond donors (Lipinski definition) is 1. The van der Waals surface area contributed by atoms with Gasteiger partial charge in [-0.2, -0.15) is 0 Å². The van der Waals surface area contributed by atoms with Crippen LogP contribution in [0, 0.1) is 0 Å². The molecule has 2 aromatic carbocycles. The van der Waals surface area contributed by atoms with Crippen LogP contribution in [0.15, 0.2) is 36.4 Å². The Balaban J connectivity index is 2.25. The molecule has 0 saturated carbocycles. The standard InChI is InChI=1S/C27H41NSi/c1-25(2,3)18-12-14-20-22(16-18)23-17-19(26(4,5)6)13-15-21(23)24(20)29(10,11)28-27(7,8)9/h12-17,24,28H,1-11H3. The van der Waals surface area contributed by atoms with Gasteiger partial charge in [0.2, 0.25) is 0 Å². The highest BCUT2D eigenvalue weighted by atomic mass is 28.3. The van der Waals surface area contributed by atoms with E-state index in [2.05, 4.69) is 117 Å². The molecule has 0 aromatic heterocycles. The summed E-state index contributed by atoms with van der Waals surface area (Å²) in [5.74, 6) is 0. The summed E-state index contributed by atoms with van der Waals surface area (Å²) in [5, 5.41) is 0. The Labute approximate surface area is 180 Å². The van der Waals surface area contributed by atoms with Gasteiger partial charge in [-0.1, -0.05) is 91.0 Å². The third kappa shape index (κ3) is 4.39. The minimum absolute atomic E-state index is 0.120. The van der Waals surface area contributed by atoms with Crippen molar-refractivity contribution in [3.63, 3.8) is 0 Å². The molecule has 158 valence electrons. The van der Waals surface area contributed by atoms with Crippen LogP contribution in [0.3, 0.4) is 0 Å². The number of rotatable bonds is 2. The molecule has 0 fully saturated rings. The van der Waals surface area contributed by atoms with E-state index in [0.29, 0.717) is 5.54 Å². The molecule has 0 spiro atoms. The molecule has 0 amide bonds. The summed E-state index contributed by atoms with van der Waals surface area (Å²) in [5.41, 5.74) is 9.72. The smallest absolute Gasteiger partial charge is 0.131 e. The second-order valence-electron chi connectivity index (χ2n) is 12.6. The molecule has 1 N–H and O–H groups in total. The normalized spacial score (nSPS) is 15.4. The first-order chi connectivity index (χ1) is 13.0. The minimum Gasteiger partial charge on any atom is -0.332 e. The fraction of sp³-hybridized carbons (Fsp3) is 0.556.